The molecule has 10 aromatic rings. The van der Waals surface area contributed by atoms with Crippen molar-refractivity contribution in [2.75, 3.05) is 0 Å². The van der Waals surface area contributed by atoms with Gasteiger partial charge in [0.2, 0.25) is 0 Å². The third-order valence-corrected chi connectivity index (χ3v) is 11.0. The zero-order valence-corrected chi connectivity index (χ0v) is 30.7. The second kappa shape index (κ2) is 13.8. The Balaban J connectivity index is 0.984. The molecular formula is C52H39N3. The summed E-state index contributed by atoms with van der Waals surface area (Å²) in [5.41, 5.74) is 15.6. The molecular weight excluding hydrogens is 667 g/mol. The lowest BCUT2D eigenvalue weighted by atomic mass is 9.98. The first kappa shape index (κ1) is 32.7. The summed E-state index contributed by atoms with van der Waals surface area (Å²) in [6.07, 6.45) is 0. The quantitative estimate of drug-likeness (QED) is 0.140. The lowest BCUT2D eigenvalue weighted by Gasteiger charge is -2.11. The van der Waals surface area contributed by atoms with Crippen LogP contribution >= 0.6 is 0 Å². The average Bonchev–Trinajstić information content (AvgIpc) is 3.75. The Labute approximate surface area is 321 Å². The van der Waals surface area contributed by atoms with E-state index in [0.29, 0.717) is 6.54 Å². The zero-order chi connectivity index (χ0) is 36.7. The monoisotopic (exact) mass is 705 g/mol. The fourth-order valence-corrected chi connectivity index (χ4v) is 8.23. The molecule has 0 fully saturated rings. The Kier molecular flexibility index (Phi) is 8.18. The smallest absolute Gasteiger partial charge is 0.0643 e. The van der Waals surface area contributed by atoms with E-state index in [4.69, 9.17) is 4.99 Å². The second-order valence-corrected chi connectivity index (χ2v) is 14.4. The number of hydrogen-bond donors (Lipinski definition) is 0. The summed E-state index contributed by atoms with van der Waals surface area (Å²) >= 11 is 0. The number of hydrogen-bond acceptors (Lipinski definition) is 1. The third kappa shape index (κ3) is 6.00. The summed E-state index contributed by atoms with van der Waals surface area (Å²) in [6.45, 7) is 3.56. The van der Waals surface area contributed by atoms with Crippen molar-refractivity contribution in [3.63, 3.8) is 0 Å². The summed E-state index contributed by atoms with van der Waals surface area (Å²) in [6, 6.07) is 70.3. The molecule has 0 aliphatic heterocycles. The second-order valence-electron chi connectivity index (χ2n) is 14.4. The number of aliphatic imine (C=N–C) groups is 1. The Morgan fingerprint density at radius 1 is 0.418 bits per heavy atom. The highest BCUT2D eigenvalue weighted by molar-refractivity contribution is 6.11. The van der Waals surface area contributed by atoms with Crippen molar-refractivity contribution >= 4 is 49.3 Å². The SMILES string of the molecule is CC(=NCc1cccc(-n2c3ccccc3c3cc(-c4ccc(-c5ccc6c7ccccc7n(Cc7ccccc7)c6c5)cc4)ccc32)c1)c1ccccc1. The van der Waals surface area contributed by atoms with Crippen LogP contribution in [-0.4, -0.2) is 14.8 Å². The molecule has 0 saturated carbocycles. The molecule has 3 nitrogen and oxygen atoms in total. The van der Waals surface area contributed by atoms with Gasteiger partial charge in [0.25, 0.3) is 0 Å². The first-order valence-corrected chi connectivity index (χ1v) is 19.0. The maximum atomic E-state index is 4.93. The van der Waals surface area contributed by atoms with Crippen LogP contribution in [0, 0.1) is 0 Å². The van der Waals surface area contributed by atoms with E-state index in [2.05, 4.69) is 204 Å². The lowest BCUT2D eigenvalue weighted by Crippen LogP contribution is -1.99. The lowest BCUT2D eigenvalue weighted by molar-refractivity contribution is 0.869. The van der Waals surface area contributed by atoms with Gasteiger partial charge in [0, 0.05) is 45.0 Å². The predicted molar refractivity (Wildman–Crippen MR) is 233 cm³/mol. The van der Waals surface area contributed by atoms with Gasteiger partial charge < -0.3 is 9.13 Å². The van der Waals surface area contributed by atoms with E-state index in [0.717, 1.165) is 23.5 Å². The van der Waals surface area contributed by atoms with Gasteiger partial charge in [0.1, 0.15) is 0 Å². The number of nitrogens with zero attached hydrogens (tertiary/aromatic N) is 3. The van der Waals surface area contributed by atoms with E-state index in [1.165, 1.54) is 77.0 Å². The molecule has 0 unspecified atom stereocenters. The fraction of sp³-hybridized carbons (Fsp3) is 0.0577. The molecule has 10 rings (SSSR count). The van der Waals surface area contributed by atoms with E-state index in [1.807, 2.05) is 6.07 Å². The van der Waals surface area contributed by atoms with Crippen LogP contribution in [0.15, 0.2) is 199 Å². The van der Waals surface area contributed by atoms with E-state index in [1.54, 1.807) is 0 Å². The molecule has 0 amide bonds. The predicted octanol–water partition coefficient (Wildman–Crippen LogP) is 13.3. The van der Waals surface area contributed by atoms with Gasteiger partial charge in [-0.05, 0) is 88.3 Å². The highest BCUT2D eigenvalue weighted by atomic mass is 15.0. The van der Waals surface area contributed by atoms with Crippen molar-refractivity contribution in [1.29, 1.82) is 0 Å². The van der Waals surface area contributed by atoms with Crippen LogP contribution in [0.2, 0.25) is 0 Å². The van der Waals surface area contributed by atoms with Crippen molar-refractivity contribution < 1.29 is 0 Å². The molecule has 0 spiro atoms. The molecule has 0 aliphatic rings. The summed E-state index contributed by atoms with van der Waals surface area (Å²) in [4.78, 5) is 4.93. The van der Waals surface area contributed by atoms with Crippen LogP contribution in [0.1, 0.15) is 23.6 Å². The fourth-order valence-electron chi connectivity index (χ4n) is 8.23. The molecule has 0 aliphatic carbocycles. The Bertz CT molecular complexity index is 3020. The third-order valence-electron chi connectivity index (χ3n) is 11.0. The molecule has 2 aromatic heterocycles. The minimum atomic E-state index is 0.636. The van der Waals surface area contributed by atoms with E-state index in [-0.39, 0.29) is 0 Å². The normalized spacial score (nSPS) is 12.0. The van der Waals surface area contributed by atoms with Crippen LogP contribution in [0.25, 0.3) is 71.6 Å². The van der Waals surface area contributed by atoms with Crippen molar-refractivity contribution in [2.45, 2.75) is 20.0 Å². The molecule has 2 heterocycles. The highest BCUT2D eigenvalue weighted by Crippen LogP contribution is 2.37. The Morgan fingerprint density at radius 2 is 0.982 bits per heavy atom. The molecule has 0 saturated heterocycles. The molecule has 262 valence electrons. The van der Waals surface area contributed by atoms with Gasteiger partial charge in [-0.2, -0.15) is 0 Å². The van der Waals surface area contributed by atoms with E-state index in [9.17, 15) is 0 Å². The van der Waals surface area contributed by atoms with Crippen molar-refractivity contribution in [1.82, 2.24) is 9.13 Å². The Hall–Kier alpha value is -6.97. The van der Waals surface area contributed by atoms with Gasteiger partial charge in [-0.25, -0.2) is 0 Å². The zero-order valence-electron chi connectivity index (χ0n) is 30.7. The average molecular weight is 706 g/mol. The summed E-state index contributed by atoms with van der Waals surface area (Å²) in [5.74, 6) is 0. The van der Waals surface area contributed by atoms with Crippen molar-refractivity contribution in [2.24, 2.45) is 4.99 Å². The molecule has 55 heavy (non-hydrogen) atoms. The van der Waals surface area contributed by atoms with Gasteiger partial charge in [0.15, 0.2) is 0 Å². The van der Waals surface area contributed by atoms with E-state index >= 15 is 0 Å². The Morgan fingerprint density at radius 3 is 1.75 bits per heavy atom. The molecule has 8 aromatic carbocycles. The first-order chi connectivity index (χ1) is 27.2. The van der Waals surface area contributed by atoms with Gasteiger partial charge >= 0.3 is 0 Å². The largest absolute Gasteiger partial charge is 0.336 e. The molecule has 3 heteroatoms. The maximum absolute atomic E-state index is 4.93. The van der Waals surface area contributed by atoms with Crippen LogP contribution in [0.3, 0.4) is 0 Å². The van der Waals surface area contributed by atoms with Crippen LogP contribution < -0.4 is 0 Å². The number of aromatic nitrogens is 2. The summed E-state index contributed by atoms with van der Waals surface area (Å²) < 4.78 is 4.85. The van der Waals surface area contributed by atoms with Crippen LogP contribution in [-0.2, 0) is 13.1 Å². The minimum absolute atomic E-state index is 0.636. The van der Waals surface area contributed by atoms with Gasteiger partial charge in [-0.1, -0.05) is 152 Å². The first-order valence-electron chi connectivity index (χ1n) is 19.0. The number of rotatable bonds is 8. The van der Waals surface area contributed by atoms with Crippen molar-refractivity contribution in [3.05, 3.63) is 211 Å². The van der Waals surface area contributed by atoms with E-state index < -0.39 is 0 Å². The van der Waals surface area contributed by atoms with Crippen molar-refractivity contribution in [3.8, 4) is 27.9 Å². The number of para-hydroxylation sites is 2. The highest BCUT2D eigenvalue weighted by Gasteiger charge is 2.15. The minimum Gasteiger partial charge on any atom is -0.336 e. The maximum Gasteiger partial charge on any atom is 0.0643 e. The van der Waals surface area contributed by atoms with Gasteiger partial charge in [-0.15, -0.1) is 0 Å². The summed E-state index contributed by atoms with van der Waals surface area (Å²) in [7, 11) is 0. The molecule has 0 bridgehead atoms. The topological polar surface area (TPSA) is 22.2 Å². The number of fused-ring (bicyclic) bond motifs is 6. The van der Waals surface area contributed by atoms with Gasteiger partial charge in [-0.3, -0.25) is 4.99 Å². The van der Waals surface area contributed by atoms with Gasteiger partial charge in [0.05, 0.1) is 23.1 Å². The molecule has 0 N–H and O–H groups in total. The standard InChI is InChI=1S/C52H39N3/c1-36(39-16-6-3-7-17-39)53-34-38-15-12-18-44(31-38)55-50-22-11-9-20-46(50)48-32-42(28-30-51(48)55)40-23-25-41(26-24-40)43-27-29-47-45-19-8-10-21-49(45)54(52(47)33-43)35-37-13-4-2-5-14-37/h2-33H,34-35H2,1H3. The summed E-state index contributed by atoms with van der Waals surface area (Å²) in [5, 5.41) is 5.08. The van der Waals surface area contributed by atoms with Crippen LogP contribution in [0.4, 0.5) is 0 Å². The van der Waals surface area contributed by atoms with Crippen LogP contribution in [0.5, 0.6) is 0 Å². The molecule has 0 radical (unpaired) electrons. The molecule has 0 atom stereocenters. The number of benzene rings is 8.